The number of nitrogens with zero attached hydrogens (tertiary/aromatic N) is 3. The van der Waals surface area contributed by atoms with Crippen LogP contribution >= 0.6 is 24.0 Å². The van der Waals surface area contributed by atoms with Crippen molar-refractivity contribution in [3.05, 3.63) is 65.2 Å². The molecule has 0 aliphatic rings. The summed E-state index contributed by atoms with van der Waals surface area (Å²) in [6.07, 6.45) is 0. The van der Waals surface area contributed by atoms with E-state index in [1.807, 2.05) is 56.6 Å². The van der Waals surface area contributed by atoms with E-state index in [1.165, 1.54) is 0 Å². The smallest absolute Gasteiger partial charge is 0.253 e. The van der Waals surface area contributed by atoms with Gasteiger partial charge in [0.2, 0.25) is 0 Å². The number of para-hydroxylation sites is 1. The van der Waals surface area contributed by atoms with E-state index in [0.717, 1.165) is 16.9 Å². The molecule has 0 aliphatic heterocycles. The van der Waals surface area contributed by atoms with Crippen LogP contribution in [0.5, 0.6) is 5.75 Å². The normalized spacial score (nSPS) is 12.0. The highest BCUT2D eigenvalue weighted by atomic mass is 127. The number of rotatable bonds is 8. The van der Waals surface area contributed by atoms with E-state index in [9.17, 15) is 4.79 Å². The maximum Gasteiger partial charge on any atom is 0.253 e. The SMILES string of the molecule is CN=C(NCc1ccc(C(=O)N(C)C)cc1)NCC(c1ccccc1OC)N(C)C.I. The van der Waals surface area contributed by atoms with Crippen LogP contribution in [0.15, 0.2) is 53.5 Å². The van der Waals surface area contributed by atoms with Gasteiger partial charge in [0, 0.05) is 45.4 Å². The van der Waals surface area contributed by atoms with Gasteiger partial charge in [0.25, 0.3) is 5.91 Å². The molecule has 1 unspecified atom stereocenters. The van der Waals surface area contributed by atoms with Crippen molar-refractivity contribution in [1.29, 1.82) is 0 Å². The second kappa shape index (κ2) is 13.2. The van der Waals surface area contributed by atoms with Crippen molar-refractivity contribution in [2.75, 3.05) is 48.9 Å². The Morgan fingerprint density at radius 1 is 1.03 bits per heavy atom. The Kier molecular flexibility index (Phi) is 11.3. The number of likely N-dealkylation sites (N-methyl/N-ethyl adjacent to an activating group) is 1. The minimum absolute atomic E-state index is 0. The Bertz CT molecular complexity index is 853. The van der Waals surface area contributed by atoms with Crippen LogP contribution in [0.1, 0.15) is 27.5 Å². The van der Waals surface area contributed by atoms with Gasteiger partial charge >= 0.3 is 0 Å². The number of carbonyl (C=O) groups is 1. The van der Waals surface area contributed by atoms with Crippen molar-refractivity contribution in [2.24, 2.45) is 4.99 Å². The molecule has 2 rings (SSSR count). The van der Waals surface area contributed by atoms with Crippen LogP contribution in [0.3, 0.4) is 0 Å². The lowest BCUT2D eigenvalue weighted by Gasteiger charge is -2.27. The van der Waals surface area contributed by atoms with Crippen LogP contribution in [-0.2, 0) is 6.54 Å². The molecule has 1 atom stereocenters. The lowest BCUT2D eigenvalue weighted by atomic mass is 10.0. The molecule has 170 valence electrons. The predicted molar refractivity (Wildman–Crippen MR) is 137 cm³/mol. The first kappa shape index (κ1) is 26.7. The van der Waals surface area contributed by atoms with Crippen molar-refractivity contribution < 1.29 is 9.53 Å². The van der Waals surface area contributed by atoms with Crippen LogP contribution < -0.4 is 15.4 Å². The van der Waals surface area contributed by atoms with Crippen molar-refractivity contribution >= 4 is 35.8 Å². The zero-order chi connectivity index (χ0) is 22.1. The molecule has 0 heterocycles. The van der Waals surface area contributed by atoms with Crippen molar-refractivity contribution in [2.45, 2.75) is 12.6 Å². The van der Waals surface area contributed by atoms with Gasteiger partial charge in [0.1, 0.15) is 5.75 Å². The zero-order valence-electron chi connectivity index (χ0n) is 19.2. The molecule has 2 aromatic carbocycles. The van der Waals surface area contributed by atoms with E-state index < -0.39 is 0 Å². The Morgan fingerprint density at radius 3 is 2.23 bits per heavy atom. The van der Waals surface area contributed by atoms with Crippen molar-refractivity contribution in [1.82, 2.24) is 20.4 Å². The molecule has 31 heavy (non-hydrogen) atoms. The summed E-state index contributed by atoms with van der Waals surface area (Å²) in [5.41, 5.74) is 2.87. The number of ether oxygens (including phenoxy) is 1. The largest absolute Gasteiger partial charge is 0.496 e. The fraction of sp³-hybridized carbons (Fsp3) is 0.391. The maximum atomic E-state index is 12.0. The number of benzene rings is 2. The highest BCUT2D eigenvalue weighted by molar-refractivity contribution is 14.0. The highest BCUT2D eigenvalue weighted by Crippen LogP contribution is 2.27. The van der Waals surface area contributed by atoms with E-state index in [2.05, 4.69) is 26.6 Å². The molecule has 0 saturated carbocycles. The summed E-state index contributed by atoms with van der Waals surface area (Å²) < 4.78 is 5.53. The number of aliphatic imine (C=N–C) groups is 1. The molecule has 8 heteroatoms. The molecule has 0 aromatic heterocycles. The summed E-state index contributed by atoms with van der Waals surface area (Å²) in [5.74, 6) is 1.58. The molecule has 7 nitrogen and oxygen atoms in total. The fourth-order valence-corrected chi connectivity index (χ4v) is 3.14. The minimum atomic E-state index is -0.00180. The van der Waals surface area contributed by atoms with Gasteiger partial charge in [-0.1, -0.05) is 30.3 Å². The Hall–Kier alpha value is -2.33. The molecular weight excluding hydrogens is 505 g/mol. The van der Waals surface area contributed by atoms with Gasteiger partial charge in [-0.3, -0.25) is 9.79 Å². The molecular formula is C23H34IN5O2. The molecule has 0 spiro atoms. The molecule has 0 fully saturated rings. The average Bonchev–Trinajstić information content (AvgIpc) is 2.75. The van der Waals surface area contributed by atoms with Crippen LogP contribution in [0.4, 0.5) is 0 Å². The topological polar surface area (TPSA) is 69.2 Å². The molecule has 2 N–H and O–H groups in total. The molecule has 2 aromatic rings. The van der Waals surface area contributed by atoms with E-state index in [4.69, 9.17) is 4.74 Å². The Balaban J connectivity index is 0.00000480. The van der Waals surface area contributed by atoms with Gasteiger partial charge in [0.05, 0.1) is 13.2 Å². The van der Waals surface area contributed by atoms with Crippen molar-refractivity contribution in [3.8, 4) is 5.75 Å². The summed E-state index contributed by atoms with van der Waals surface area (Å²) in [4.78, 5) is 20.0. The third-order valence-electron chi connectivity index (χ3n) is 4.87. The molecule has 0 radical (unpaired) electrons. The number of guanidine groups is 1. The number of nitrogens with one attached hydrogen (secondary N) is 2. The monoisotopic (exact) mass is 539 g/mol. The van der Waals surface area contributed by atoms with Crippen LogP contribution in [0.2, 0.25) is 0 Å². The van der Waals surface area contributed by atoms with Gasteiger partial charge in [0.15, 0.2) is 5.96 Å². The first-order valence-corrected chi connectivity index (χ1v) is 9.91. The van der Waals surface area contributed by atoms with Crippen LogP contribution in [0.25, 0.3) is 0 Å². The van der Waals surface area contributed by atoms with E-state index in [0.29, 0.717) is 24.6 Å². The van der Waals surface area contributed by atoms with Gasteiger partial charge in [-0.15, -0.1) is 24.0 Å². The first-order valence-electron chi connectivity index (χ1n) is 9.91. The fourth-order valence-electron chi connectivity index (χ4n) is 3.14. The Labute approximate surface area is 202 Å². The van der Waals surface area contributed by atoms with Crippen molar-refractivity contribution in [3.63, 3.8) is 0 Å². The minimum Gasteiger partial charge on any atom is -0.496 e. The lowest BCUT2D eigenvalue weighted by molar-refractivity contribution is 0.0827. The van der Waals surface area contributed by atoms with Crippen LogP contribution in [-0.4, -0.2) is 70.6 Å². The number of halogens is 1. The second-order valence-corrected chi connectivity index (χ2v) is 7.42. The highest BCUT2D eigenvalue weighted by Gasteiger charge is 2.18. The lowest BCUT2D eigenvalue weighted by Crippen LogP contribution is -2.41. The third-order valence-corrected chi connectivity index (χ3v) is 4.87. The second-order valence-electron chi connectivity index (χ2n) is 7.42. The summed E-state index contributed by atoms with van der Waals surface area (Å²) in [5, 5.41) is 6.72. The number of amides is 1. The number of hydrogen-bond acceptors (Lipinski definition) is 4. The zero-order valence-corrected chi connectivity index (χ0v) is 21.5. The Morgan fingerprint density at radius 2 is 1.68 bits per heavy atom. The van der Waals surface area contributed by atoms with Gasteiger partial charge in [-0.2, -0.15) is 0 Å². The third kappa shape index (κ3) is 7.70. The van der Waals surface area contributed by atoms with E-state index in [1.54, 1.807) is 33.2 Å². The predicted octanol–water partition coefficient (Wildman–Crippen LogP) is 2.98. The summed E-state index contributed by atoms with van der Waals surface area (Å²) in [6.45, 7) is 1.28. The molecule has 0 saturated heterocycles. The first-order chi connectivity index (χ1) is 14.4. The summed E-state index contributed by atoms with van der Waals surface area (Å²) in [6, 6.07) is 15.8. The van der Waals surface area contributed by atoms with Gasteiger partial charge in [-0.05, 0) is 37.9 Å². The van der Waals surface area contributed by atoms with E-state index >= 15 is 0 Å². The molecule has 0 aliphatic carbocycles. The number of methoxy groups -OCH3 is 1. The molecule has 0 bridgehead atoms. The quantitative estimate of drug-likeness (QED) is 0.307. The number of carbonyl (C=O) groups excluding carboxylic acids is 1. The van der Waals surface area contributed by atoms with E-state index in [-0.39, 0.29) is 35.9 Å². The maximum absolute atomic E-state index is 12.0. The molecule has 1 amide bonds. The summed E-state index contributed by atoms with van der Waals surface area (Å²) >= 11 is 0. The van der Waals surface area contributed by atoms with Crippen LogP contribution in [0, 0.1) is 0 Å². The van der Waals surface area contributed by atoms with Gasteiger partial charge < -0.3 is 25.2 Å². The van der Waals surface area contributed by atoms with Gasteiger partial charge in [-0.25, -0.2) is 0 Å². The summed E-state index contributed by atoms with van der Waals surface area (Å²) in [7, 11) is 11.0. The number of hydrogen-bond donors (Lipinski definition) is 2. The standard InChI is InChI=1S/C23H33N5O2.HI/c1-24-23(25-15-17-11-13-18(14-12-17)22(29)28(4)5)26-16-20(27(2)3)19-9-7-8-10-21(19)30-6;/h7-14,20H,15-16H2,1-6H3,(H2,24,25,26);1H. The average molecular weight is 539 g/mol.